The molecule has 5 heteroatoms. The Morgan fingerprint density at radius 2 is 2.17 bits per heavy atom. The summed E-state index contributed by atoms with van der Waals surface area (Å²) in [6.07, 6.45) is 1.80. The molecule has 2 aromatic rings. The number of hydrogen-bond donors (Lipinski definition) is 1. The predicted octanol–water partition coefficient (Wildman–Crippen LogP) is 3.63. The van der Waals surface area contributed by atoms with Gasteiger partial charge in [0.15, 0.2) is 0 Å². The van der Waals surface area contributed by atoms with Gasteiger partial charge in [0.1, 0.15) is 6.10 Å². The molecule has 0 aliphatic rings. The molecule has 3 nitrogen and oxygen atoms in total. The van der Waals surface area contributed by atoms with Crippen LogP contribution in [0.1, 0.15) is 30.7 Å². The monoisotopic (exact) mass is 376 g/mol. The zero-order valence-corrected chi connectivity index (χ0v) is 12.9. The predicted molar refractivity (Wildman–Crippen MR) is 80.7 cm³/mol. The molecule has 0 saturated heterocycles. The molecule has 1 aromatic carbocycles. The first-order valence-electron chi connectivity index (χ1n) is 5.78. The lowest BCUT2D eigenvalue weighted by Crippen LogP contribution is -2.11. The molecule has 0 bridgehead atoms. The highest BCUT2D eigenvalue weighted by molar-refractivity contribution is 14.1. The average Bonchev–Trinajstić information content (AvgIpc) is 2.71. The summed E-state index contributed by atoms with van der Waals surface area (Å²) < 4.78 is 2.79. The first kappa shape index (κ1) is 13.8. The van der Waals surface area contributed by atoms with Gasteiger partial charge in [-0.3, -0.25) is 4.68 Å². The van der Waals surface area contributed by atoms with Gasteiger partial charge in [-0.25, -0.2) is 0 Å². The molecule has 0 radical (unpaired) electrons. The second-order valence-corrected chi connectivity index (χ2v) is 5.59. The third-order valence-electron chi connectivity index (χ3n) is 2.73. The van der Waals surface area contributed by atoms with Crippen molar-refractivity contribution in [2.75, 3.05) is 0 Å². The number of aliphatic hydroxyl groups excluding tert-OH is 1. The lowest BCUT2D eigenvalue weighted by atomic mass is 10.1. The van der Waals surface area contributed by atoms with Gasteiger partial charge in [0, 0.05) is 10.1 Å². The van der Waals surface area contributed by atoms with E-state index in [2.05, 4.69) is 34.6 Å². The van der Waals surface area contributed by atoms with Crippen molar-refractivity contribution in [2.45, 2.75) is 26.0 Å². The smallest absolute Gasteiger partial charge is 0.123 e. The molecule has 1 unspecified atom stereocenters. The topological polar surface area (TPSA) is 38.0 Å². The van der Waals surface area contributed by atoms with Crippen molar-refractivity contribution in [3.63, 3.8) is 0 Å². The Kier molecular flexibility index (Phi) is 4.64. The molecule has 2 rings (SSSR count). The van der Waals surface area contributed by atoms with Gasteiger partial charge >= 0.3 is 0 Å². The zero-order valence-electron chi connectivity index (χ0n) is 9.98. The van der Waals surface area contributed by atoms with Gasteiger partial charge in [-0.1, -0.05) is 36.7 Å². The molecule has 0 aliphatic heterocycles. The van der Waals surface area contributed by atoms with Gasteiger partial charge in [-0.05, 0) is 40.6 Å². The summed E-state index contributed by atoms with van der Waals surface area (Å²) in [7, 11) is 0. The van der Waals surface area contributed by atoms with E-state index in [1.807, 2.05) is 24.3 Å². The first-order valence-corrected chi connectivity index (χ1v) is 7.24. The van der Waals surface area contributed by atoms with Gasteiger partial charge in [0.25, 0.3) is 0 Å². The quantitative estimate of drug-likeness (QED) is 0.828. The third-order valence-corrected chi connectivity index (χ3v) is 4.00. The van der Waals surface area contributed by atoms with E-state index in [4.69, 9.17) is 11.6 Å². The summed E-state index contributed by atoms with van der Waals surface area (Å²) in [5.74, 6) is 0. The van der Waals surface area contributed by atoms with Gasteiger partial charge in [0.2, 0.25) is 0 Å². The Morgan fingerprint density at radius 3 is 2.83 bits per heavy atom. The second kappa shape index (κ2) is 6.04. The number of aryl methyl sites for hydroxylation is 1. The minimum atomic E-state index is -0.736. The van der Waals surface area contributed by atoms with E-state index in [9.17, 15) is 5.11 Å². The second-order valence-electron chi connectivity index (χ2n) is 4.02. The molecule has 96 valence electrons. The van der Waals surface area contributed by atoms with E-state index < -0.39 is 6.10 Å². The lowest BCUT2D eigenvalue weighted by Gasteiger charge is -2.15. The largest absolute Gasteiger partial charge is 0.382 e. The Bertz CT molecular complexity index is 542. The summed E-state index contributed by atoms with van der Waals surface area (Å²) in [5, 5.41) is 15.2. The standard InChI is InChI=1S/C13H14ClIN2O/c1-2-7-17-12(10(14)8-16-17)13(18)9-5-3-4-6-11(9)15/h3-6,8,13,18H,2,7H2,1H3. The molecule has 0 fully saturated rings. The van der Waals surface area contributed by atoms with Gasteiger partial charge < -0.3 is 5.11 Å². The summed E-state index contributed by atoms with van der Waals surface area (Å²) in [6.45, 7) is 2.82. The van der Waals surface area contributed by atoms with Crippen LogP contribution in [-0.2, 0) is 6.54 Å². The highest BCUT2D eigenvalue weighted by Gasteiger charge is 2.21. The SMILES string of the molecule is CCCn1ncc(Cl)c1C(O)c1ccccc1I. The number of nitrogens with zero attached hydrogens (tertiary/aromatic N) is 2. The van der Waals surface area contributed by atoms with E-state index in [0.29, 0.717) is 10.7 Å². The number of rotatable bonds is 4. The summed E-state index contributed by atoms with van der Waals surface area (Å²) >= 11 is 8.34. The molecule has 1 N–H and O–H groups in total. The number of benzene rings is 1. The lowest BCUT2D eigenvalue weighted by molar-refractivity contribution is 0.206. The number of halogens is 2. The maximum absolute atomic E-state index is 10.5. The fourth-order valence-electron chi connectivity index (χ4n) is 1.88. The molecule has 0 spiro atoms. The van der Waals surface area contributed by atoms with Gasteiger partial charge in [-0.2, -0.15) is 5.10 Å². The van der Waals surface area contributed by atoms with Crippen LogP contribution in [0.25, 0.3) is 0 Å². The van der Waals surface area contributed by atoms with Crippen molar-refractivity contribution in [3.8, 4) is 0 Å². The zero-order chi connectivity index (χ0) is 13.1. The van der Waals surface area contributed by atoms with Crippen molar-refractivity contribution in [1.29, 1.82) is 0 Å². The summed E-state index contributed by atoms with van der Waals surface area (Å²) in [4.78, 5) is 0. The van der Waals surface area contributed by atoms with E-state index >= 15 is 0 Å². The molecule has 0 amide bonds. The van der Waals surface area contributed by atoms with E-state index in [1.54, 1.807) is 10.9 Å². The highest BCUT2D eigenvalue weighted by Crippen LogP contribution is 2.30. The van der Waals surface area contributed by atoms with Crippen LogP contribution in [0.15, 0.2) is 30.5 Å². The van der Waals surface area contributed by atoms with Gasteiger partial charge in [0.05, 0.1) is 16.9 Å². The number of hydrogen-bond acceptors (Lipinski definition) is 2. The Balaban J connectivity index is 2.42. The van der Waals surface area contributed by atoms with Crippen LogP contribution < -0.4 is 0 Å². The van der Waals surface area contributed by atoms with E-state index in [1.165, 1.54) is 0 Å². The Hall–Kier alpha value is -0.590. The van der Waals surface area contributed by atoms with Crippen molar-refractivity contribution in [2.24, 2.45) is 0 Å². The minimum Gasteiger partial charge on any atom is -0.382 e. The van der Waals surface area contributed by atoms with Crippen LogP contribution in [0, 0.1) is 3.57 Å². The number of aromatic nitrogens is 2. The van der Waals surface area contributed by atoms with Gasteiger partial charge in [-0.15, -0.1) is 0 Å². The van der Waals surface area contributed by atoms with Crippen LogP contribution in [0.3, 0.4) is 0 Å². The molecular formula is C13H14ClIN2O. The molecule has 18 heavy (non-hydrogen) atoms. The van der Waals surface area contributed by atoms with Crippen LogP contribution in [0.2, 0.25) is 5.02 Å². The third kappa shape index (κ3) is 2.70. The maximum Gasteiger partial charge on any atom is 0.123 e. The fraction of sp³-hybridized carbons (Fsp3) is 0.308. The van der Waals surface area contributed by atoms with Crippen molar-refractivity contribution < 1.29 is 5.11 Å². The van der Waals surface area contributed by atoms with Crippen LogP contribution in [-0.4, -0.2) is 14.9 Å². The van der Waals surface area contributed by atoms with Crippen LogP contribution >= 0.6 is 34.2 Å². The van der Waals surface area contributed by atoms with Crippen molar-refractivity contribution >= 4 is 34.2 Å². The first-order chi connectivity index (χ1) is 8.65. The number of aliphatic hydroxyl groups is 1. The molecule has 1 aromatic heterocycles. The molecular weight excluding hydrogens is 363 g/mol. The maximum atomic E-state index is 10.5. The molecule has 1 heterocycles. The van der Waals surface area contributed by atoms with Crippen molar-refractivity contribution in [1.82, 2.24) is 9.78 Å². The highest BCUT2D eigenvalue weighted by atomic mass is 127. The molecule has 0 saturated carbocycles. The Labute approximate surface area is 125 Å². The average molecular weight is 377 g/mol. The molecule has 1 atom stereocenters. The molecule has 0 aliphatic carbocycles. The Morgan fingerprint density at radius 1 is 1.44 bits per heavy atom. The van der Waals surface area contributed by atoms with Crippen LogP contribution in [0.4, 0.5) is 0 Å². The fourth-order valence-corrected chi connectivity index (χ4v) is 2.80. The summed E-state index contributed by atoms with van der Waals surface area (Å²) in [5.41, 5.74) is 1.53. The van der Waals surface area contributed by atoms with E-state index in [0.717, 1.165) is 22.1 Å². The normalized spacial score (nSPS) is 12.7. The minimum absolute atomic E-state index is 0.510. The van der Waals surface area contributed by atoms with Crippen molar-refractivity contribution in [3.05, 3.63) is 50.3 Å². The van der Waals surface area contributed by atoms with E-state index in [-0.39, 0.29) is 0 Å². The summed E-state index contributed by atoms with van der Waals surface area (Å²) in [6, 6.07) is 7.73. The van der Waals surface area contributed by atoms with Crippen LogP contribution in [0.5, 0.6) is 0 Å².